The molecular formula is C2H3Cl4NO4S2. The smallest absolute Gasteiger partial charge is 0.209 e. The second-order valence-corrected chi connectivity index (χ2v) is 8.71. The third kappa shape index (κ3) is 4.37. The number of hydrogen-bond donors (Lipinski definition) is 1. The maximum atomic E-state index is 10.8. The zero-order valence-corrected chi connectivity index (χ0v) is 10.3. The molecule has 0 aromatic rings. The van der Waals surface area contributed by atoms with Crippen molar-refractivity contribution in [2.45, 2.75) is 8.34 Å². The predicted octanol–water partition coefficient (Wildman–Crippen LogP) is 0.758. The number of hydrogen-bond acceptors (Lipinski definition) is 4. The second kappa shape index (κ2) is 4.69. The van der Waals surface area contributed by atoms with Crippen LogP contribution in [-0.2, 0) is 20.0 Å². The fraction of sp³-hybridized carbons (Fsp3) is 1.00. The normalized spacial score (nSPS) is 14.0. The van der Waals surface area contributed by atoms with Gasteiger partial charge in [0.25, 0.3) is 20.0 Å². The molecule has 0 heterocycles. The van der Waals surface area contributed by atoms with Gasteiger partial charge >= 0.3 is 0 Å². The van der Waals surface area contributed by atoms with Crippen LogP contribution in [0.1, 0.15) is 0 Å². The van der Waals surface area contributed by atoms with Gasteiger partial charge in [0.1, 0.15) is 0 Å². The van der Waals surface area contributed by atoms with Crippen LogP contribution < -0.4 is 4.13 Å². The number of rotatable bonds is 4. The highest BCUT2D eigenvalue weighted by Crippen LogP contribution is 2.15. The molecule has 0 saturated carbocycles. The molecule has 0 atom stereocenters. The van der Waals surface area contributed by atoms with E-state index in [0.717, 1.165) is 4.13 Å². The molecule has 11 heteroatoms. The van der Waals surface area contributed by atoms with Crippen molar-refractivity contribution in [2.24, 2.45) is 0 Å². The van der Waals surface area contributed by atoms with E-state index in [2.05, 4.69) is 0 Å². The van der Waals surface area contributed by atoms with Gasteiger partial charge in [-0.05, 0) is 0 Å². The molecule has 0 aromatic carbocycles. The minimum Gasteiger partial charge on any atom is -0.209 e. The zero-order chi connectivity index (χ0) is 10.9. The number of nitrogens with one attached hydrogen (secondary N) is 1. The Morgan fingerprint density at radius 1 is 0.769 bits per heavy atom. The van der Waals surface area contributed by atoms with Crippen molar-refractivity contribution in [2.75, 3.05) is 0 Å². The van der Waals surface area contributed by atoms with Crippen molar-refractivity contribution in [3.8, 4) is 0 Å². The Morgan fingerprint density at radius 3 is 1.15 bits per heavy atom. The summed E-state index contributed by atoms with van der Waals surface area (Å²) in [6.07, 6.45) is 0. The molecule has 80 valence electrons. The summed E-state index contributed by atoms with van der Waals surface area (Å²) in [4.78, 5) is 0. The Kier molecular flexibility index (Phi) is 5.06. The van der Waals surface area contributed by atoms with Gasteiger partial charge in [-0.1, -0.05) is 46.4 Å². The third-order valence-electron chi connectivity index (χ3n) is 0.701. The summed E-state index contributed by atoms with van der Waals surface area (Å²) >= 11 is 19.8. The average molecular weight is 311 g/mol. The van der Waals surface area contributed by atoms with Crippen LogP contribution in [0.2, 0.25) is 0 Å². The van der Waals surface area contributed by atoms with Gasteiger partial charge in [-0.25, -0.2) is 16.8 Å². The van der Waals surface area contributed by atoms with Gasteiger partial charge in [0.15, 0.2) is 0 Å². The highest BCUT2D eigenvalue weighted by Gasteiger charge is 2.30. The summed E-state index contributed by atoms with van der Waals surface area (Å²) < 4.78 is 40.4. The van der Waals surface area contributed by atoms with Crippen LogP contribution in [0.15, 0.2) is 0 Å². The van der Waals surface area contributed by atoms with Gasteiger partial charge in [0.2, 0.25) is 8.34 Å². The van der Waals surface area contributed by atoms with Crippen LogP contribution in [0, 0.1) is 0 Å². The molecule has 0 saturated heterocycles. The molecule has 0 bridgehead atoms. The van der Waals surface area contributed by atoms with Gasteiger partial charge < -0.3 is 0 Å². The lowest BCUT2D eigenvalue weighted by Crippen LogP contribution is -2.36. The van der Waals surface area contributed by atoms with E-state index in [1.165, 1.54) is 0 Å². The van der Waals surface area contributed by atoms with Crippen LogP contribution >= 0.6 is 46.4 Å². The Bertz CT molecular complexity index is 322. The summed E-state index contributed by atoms with van der Waals surface area (Å²) in [5, 5.41) is 0. The van der Waals surface area contributed by atoms with E-state index < -0.39 is 28.4 Å². The molecule has 5 nitrogen and oxygen atoms in total. The van der Waals surface area contributed by atoms with Gasteiger partial charge in [-0.15, -0.1) is 4.13 Å². The lowest BCUT2D eigenvalue weighted by molar-refractivity contribution is 0.580. The molecule has 0 unspecified atom stereocenters. The monoisotopic (exact) mass is 309 g/mol. The van der Waals surface area contributed by atoms with Crippen LogP contribution in [-0.4, -0.2) is 25.2 Å². The third-order valence-corrected chi connectivity index (χ3v) is 6.31. The molecule has 13 heavy (non-hydrogen) atoms. The molecule has 0 radical (unpaired) electrons. The van der Waals surface area contributed by atoms with Gasteiger partial charge in [-0.3, -0.25) is 0 Å². The molecule has 0 rings (SSSR count). The van der Waals surface area contributed by atoms with Crippen molar-refractivity contribution in [3.63, 3.8) is 0 Å². The first kappa shape index (κ1) is 14.0. The Balaban J connectivity index is 4.86. The Hall–Kier alpha value is 1.02. The molecule has 0 aliphatic rings. The fourth-order valence-electron chi connectivity index (χ4n) is 0.235. The quantitative estimate of drug-likeness (QED) is 0.777. The van der Waals surface area contributed by atoms with Crippen molar-refractivity contribution >= 4 is 66.5 Å². The molecule has 0 spiro atoms. The van der Waals surface area contributed by atoms with E-state index in [0.29, 0.717) is 0 Å². The first-order valence-electron chi connectivity index (χ1n) is 2.42. The lowest BCUT2D eigenvalue weighted by atomic mass is 11.9. The number of sulfonamides is 2. The Labute approximate surface area is 95.4 Å². The zero-order valence-electron chi connectivity index (χ0n) is 5.62. The highest BCUT2D eigenvalue weighted by molar-refractivity contribution is 8.07. The molecule has 0 aliphatic carbocycles. The standard InChI is InChI=1S/C2H3Cl4NO4S2/c3-1(4)12(8,9)7-13(10,11)2(5)6/h1-2,7H. The molecule has 0 amide bonds. The summed E-state index contributed by atoms with van der Waals surface area (Å²) in [5.74, 6) is 0. The van der Waals surface area contributed by atoms with Crippen molar-refractivity contribution in [1.29, 1.82) is 0 Å². The van der Waals surface area contributed by atoms with E-state index in [-0.39, 0.29) is 0 Å². The first-order chi connectivity index (χ1) is 5.59. The number of halogens is 4. The average Bonchev–Trinajstić information content (AvgIpc) is 1.83. The van der Waals surface area contributed by atoms with E-state index in [1.54, 1.807) is 0 Å². The maximum Gasteiger partial charge on any atom is 0.255 e. The first-order valence-corrected chi connectivity index (χ1v) is 7.26. The minimum atomic E-state index is -4.38. The molecule has 1 N–H and O–H groups in total. The van der Waals surface area contributed by atoms with E-state index >= 15 is 0 Å². The minimum absolute atomic E-state index is 1.15. The van der Waals surface area contributed by atoms with Crippen LogP contribution in [0.4, 0.5) is 0 Å². The SMILES string of the molecule is O=S(=O)(NS(=O)(=O)C(Cl)Cl)C(Cl)Cl. The molecule has 0 aromatic heterocycles. The van der Waals surface area contributed by atoms with Gasteiger partial charge in [0.05, 0.1) is 0 Å². The molecule has 0 aliphatic heterocycles. The summed E-state index contributed by atoms with van der Waals surface area (Å²) in [6, 6.07) is 0. The number of alkyl halides is 4. The van der Waals surface area contributed by atoms with Gasteiger partial charge in [0, 0.05) is 0 Å². The van der Waals surface area contributed by atoms with Crippen molar-refractivity contribution in [1.82, 2.24) is 4.13 Å². The lowest BCUT2D eigenvalue weighted by Gasteiger charge is -2.07. The van der Waals surface area contributed by atoms with Crippen molar-refractivity contribution < 1.29 is 16.8 Å². The highest BCUT2D eigenvalue weighted by atomic mass is 35.5. The van der Waals surface area contributed by atoms with E-state index in [9.17, 15) is 16.8 Å². The largest absolute Gasteiger partial charge is 0.255 e. The van der Waals surface area contributed by atoms with Gasteiger partial charge in [-0.2, -0.15) is 0 Å². The van der Waals surface area contributed by atoms with E-state index in [4.69, 9.17) is 46.4 Å². The van der Waals surface area contributed by atoms with Crippen molar-refractivity contribution in [3.05, 3.63) is 0 Å². The summed E-state index contributed by atoms with van der Waals surface area (Å²) in [7, 11) is -8.75. The summed E-state index contributed by atoms with van der Waals surface area (Å²) in [6.45, 7) is 0. The van der Waals surface area contributed by atoms with E-state index in [1.807, 2.05) is 0 Å². The van der Waals surface area contributed by atoms with Crippen LogP contribution in [0.3, 0.4) is 0 Å². The fourth-order valence-corrected chi connectivity index (χ4v) is 3.42. The van der Waals surface area contributed by atoms with Crippen LogP contribution in [0.5, 0.6) is 0 Å². The second-order valence-electron chi connectivity index (χ2n) is 1.69. The predicted molar refractivity (Wildman–Crippen MR) is 52.0 cm³/mol. The molecular weight excluding hydrogens is 308 g/mol. The molecule has 0 fully saturated rings. The Morgan fingerprint density at radius 2 is 1.00 bits per heavy atom. The maximum absolute atomic E-state index is 10.8. The topological polar surface area (TPSA) is 80.3 Å². The summed E-state index contributed by atoms with van der Waals surface area (Å²) in [5.41, 5.74) is 0. The van der Waals surface area contributed by atoms with Crippen LogP contribution in [0.25, 0.3) is 0 Å².